The summed E-state index contributed by atoms with van der Waals surface area (Å²) in [5, 5.41) is 2.12. The van der Waals surface area contributed by atoms with Crippen molar-refractivity contribution in [2.45, 2.75) is 37.6 Å². The second-order valence-electron chi connectivity index (χ2n) is 5.30. The molecule has 1 aliphatic rings. The van der Waals surface area contributed by atoms with E-state index in [0.717, 1.165) is 10.9 Å². The molecular formula is C16H18BrNS. The maximum absolute atomic E-state index is 6.39. The van der Waals surface area contributed by atoms with Gasteiger partial charge < -0.3 is 5.73 Å². The first kappa shape index (κ1) is 13.3. The second kappa shape index (κ2) is 5.78. The molecule has 2 N–H and O–H groups in total. The molecule has 1 aromatic carbocycles. The van der Waals surface area contributed by atoms with Crippen molar-refractivity contribution in [3.8, 4) is 0 Å². The fourth-order valence-electron chi connectivity index (χ4n) is 3.04. The van der Waals surface area contributed by atoms with Gasteiger partial charge in [0.2, 0.25) is 0 Å². The van der Waals surface area contributed by atoms with Crippen molar-refractivity contribution >= 4 is 27.3 Å². The largest absolute Gasteiger partial charge is 0.323 e. The molecule has 0 amide bonds. The quantitative estimate of drug-likeness (QED) is 0.837. The first-order chi connectivity index (χ1) is 9.24. The van der Waals surface area contributed by atoms with Gasteiger partial charge in [0.25, 0.3) is 0 Å². The van der Waals surface area contributed by atoms with E-state index in [0.29, 0.717) is 5.92 Å². The number of nitrogens with two attached hydrogens (primary N) is 1. The lowest BCUT2D eigenvalue weighted by atomic mass is 9.79. The van der Waals surface area contributed by atoms with Crippen LogP contribution >= 0.6 is 27.3 Å². The van der Waals surface area contributed by atoms with Gasteiger partial charge in [-0.25, -0.2) is 0 Å². The molecule has 0 saturated carbocycles. The van der Waals surface area contributed by atoms with Crippen LogP contribution in [0.5, 0.6) is 0 Å². The van der Waals surface area contributed by atoms with Gasteiger partial charge in [0.05, 0.1) is 0 Å². The molecule has 0 spiro atoms. The van der Waals surface area contributed by atoms with E-state index in [4.69, 9.17) is 5.73 Å². The average molecular weight is 336 g/mol. The molecule has 0 radical (unpaired) electrons. The zero-order valence-electron chi connectivity index (χ0n) is 10.8. The normalized spacial score (nSPS) is 20.0. The summed E-state index contributed by atoms with van der Waals surface area (Å²) in [6.07, 6.45) is 4.86. The molecule has 100 valence electrons. The van der Waals surface area contributed by atoms with E-state index < -0.39 is 0 Å². The zero-order chi connectivity index (χ0) is 13.2. The van der Waals surface area contributed by atoms with E-state index >= 15 is 0 Å². The molecule has 0 fully saturated rings. The predicted molar refractivity (Wildman–Crippen MR) is 85.7 cm³/mol. The van der Waals surface area contributed by atoms with Gasteiger partial charge in [-0.1, -0.05) is 24.3 Å². The highest BCUT2D eigenvalue weighted by Crippen LogP contribution is 2.38. The second-order valence-corrected chi connectivity index (χ2v) is 7.16. The Morgan fingerprint density at radius 1 is 1.37 bits per heavy atom. The summed E-state index contributed by atoms with van der Waals surface area (Å²) in [6.45, 7) is 0. The molecule has 2 aromatic rings. The fourth-order valence-corrected chi connectivity index (χ4v) is 4.51. The van der Waals surface area contributed by atoms with Gasteiger partial charge in [-0.15, -0.1) is 11.3 Å². The van der Waals surface area contributed by atoms with Gasteiger partial charge in [0.1, 0.15) is 0 Å². The standard InChI is InChI=1S/C16H18BrNS/c17-13-9-16(19-10-13)15(18)8-12-6-3-5-11-4-1-2-7-14(11)12/h1-2,4,7,9-10,12,15H,3,5-6,8,18H2. The number of benzene rings is 1. The lowest BCUT2D eigenvalue weighted by Gasteiger charge is -2.27. The third kappa shape index (κ3) is 2.93. The van der Waals surface area contributed by atoms with Crippen LogP contribution in [0, 0.1) is 0 Å². The van der Waals surface area contributed by atoms with Crippen LogP contribution in [0.4, 0.5) is 0 Å². The Morgan fingerprint density at radius 2 is 2.21 bits per heavy atom. The summed E-state index contributed by atoms with van der Waals surface area (Å²) in [4.78, 5) is 1.29. The minimum absolute atomic E-state index is 0.160. The van der Waals surface area contributed by atoms with Crippen LogP contribution < -0.4 is 5.73 Å². The molecule has 3 rings (SSSR count). The number of hydrogen-bond donors (Lipinski definition) is 1. The lowest BCUT2D eigenvalue weighted by Crippen LogP contribution is -2.17. The Bertz CT molecular complexity index is 563. The molecule has 0 bridgehead atoms. The van der Waals surface area contributed by atoms with Gasteiger partial charge in [0.15, 0.2) is 0 Å². The van der Waals surface area contributed by atoms with Crippen molar-refractivity contribution in [2.24, 2.45) is 5.73 Å². The summed E-state index contributed by atoms with van der Waals surface area (Å²) in [6, 6.07) is 11.2. The maximum Gasteiger partial charge on any atom is 0.0395 e. The molecule has 1 nitrogen and oxygen atoms in total. The predicted octanol–water partition coefficient (Wildman–Crippen LogP) is 5.02. The number of fused-ring (bicyclic) bond motifs is 1. The molecular weight excluding hydrogens is 318 g/mol. The minimum Gasteiger partial charge on any atom is -0.323 e. The Kier molecular flexibility index (Phi) is 4.06. The lowest BCUT2D eigenvalue weighted by molar-refractivity contribution is 0.479. The number of hydrogen-bond acceptors (Lipinski definition) is 2. The van der Waals surface area contributed by atoms with Crippen molar-refractivity contribution in [1.29, 1.82) is 0 Å². The SMILES string of the molecule is NC(CC1CCCc2ccccc21)c1cc(Br)cs1. The van der Waals surface area contributed by atoms with Gasteiger partial charge in [-0.05, 0) is 64.7 Å². The zero-order valence-corrected chi connectivity index (χ0v) is 13.2. The fraction of sp³-hybridized carbons (Fsp3) is 0.375. The van der Waals surface area contributed by atoms with E-state index in [9.17, 15) is 0 Å². The van der Waals surface area contributed by atoms with Crippen LogP contribution in [-0.2, 0) is 6.42 Å². The van der Waals surface area contributed by atoms with Crippen LogP contribution in [0.25, 0.3) is 0 Å². The van der Waals surface area contributed by atoms with E-state index in [2.05, 4.69) is 51.6 Å². The van der Waals surface area contributed by atoms with Gasteiger partial charge in [0, 0.05) is 20.8 Å². The third-order valence-corrected chi connectivity index (χ3v) is 5.81. The molecule has 2 unspecified atom stereocenters. The van der Waals surface area contributed by atoms with Crippen LogP contribution in [0.1, 0.15) is 47.2 Å². The van der Waals surface area contributed by atoms with E-state index in [-0.39, 0.29) is 6.04 Å². The average Bonchev–Trinajstić information content (AvgIpc) is 2.86. The summed E-state index contributed by atoms with van der Waals surface area (Å²) in [7, 11) is 0. The molecule has 1 aliphatic carbocycles. The van der Waals surface area contributed by atoms with Crippen LogP contribution in [0.15, 0.2) is 40.2 Å². The molecule has 19 heavy (non-hydrogen) atoms. The minimum atomic E-state index is 0.160. The Hall–Kier alpha value is -0.640. The Morgan fingerprint density at radius 3 is 3.00 bits per heavy atom. The van der Waals surface area contributed by atoms with E-state index in [1.807, 2.05) is 0 Å². The summed E-state index contributed by atoms with van der Waals surface area (Å²) in [5.41, 5.74) is 9.44. The maximum atomic E-state index is 6.39. The molecule has 1 heterocycles. The van der Waals surface area contributed by atoms with Crippen molar-refractivity contribution in [1.82, 2.24) is 0 Å². The van der Waals surface area contributed by atoms with Gasteiger partial charge in [-0.3, -0.25) is 0 Å². The van der Waals surface area contributed by atoms with Crippen LogP contribution in [0.3, 0.4) is 0 Å². The molecule has 1 aromatic heterocycles. The highest BCUT2D eigenvalue weighted by atomic mass is 79.9. The molecule has 0 aliphatic heterocycles. The highest BCUT2D eigenvalue weighted by Gasteiger charge is 2.22. The topological polar surface area (TPSA) is 26.0 Å². The number of rotatable bonds is 3. The first-order valence-electron chi connectivity index (χ1n) is 6.81. The molecule has 3 heteroatoms. The molecule has 2 atom stereocenters. The number of aryl methyl sites for hydroxylation is 1. The van der Waals surface area contributed by atoms with Crippen molar-refractivity contribution in [3.05, 3.63) is 56.2 Å². The van der Waals surface area contributed by atoms with Gasteiger partial charge in [-0.2, -0.15) is 0 Å². The summed E-state index contributed by atoms with van der Waals surface area (Å²) in [5.74, 6) is 0.626. The Balaban J connectivity index is 1.77. The van der Waals surface area contributed by atoms with E-state index in [1.54, 1.807) is 11.3 Å². The van der Waals surface area contributed by atoms with Gasteiger partial charge >= 0.3 is 0 Å². The van der Waals surface area contributed by atoms with Crippen molar-refractivity contribution < 1.29 is 0 Å². The summed E-state index contributed by atoms with van der Waals surface area (Å²) >= 11 is 5.26. The summed E-state index contributed by atoms with van der Waals surface area (Å²) < 4.78 is 1.15. The third-order valence-electron chi connectivity index (χ3n) is 3.99. The van der Waals surface area contributed by atoms with Crippen LogP contribution in [-0.4, -0.2) is 0 Å². The highest BCUT2D eigenvalue weighted by molar-refractivity contribution is 9.10. The first-order valence-corrected chi connectivity index (χ1v) is 8.48. The Labute approximate surface area is 127 Å². The van der Waals surface area contributed by atoms with Crippen molar-refractivity contribution in [3.63, 3.8) is 0 Å². The van der Waals surface area contributed by atoms with Crippen molar-refractivity contribution in [2.75, 3.05) is 0 Å². The van der Waals surface area contributed by atoms with E-state index in [1.165, 1.54) is 35.3 Å². The molecule has 0 saturated heterocycles. The smallest absolute Gasteiger partial charge is 0.0395 e. The number of halogens is 1. The number of thiophene rings is 1. The monoisotopic (exact) mass is 335 g/mol. The van der Waals surface area contributed by atoms with Crippen LogP contribution in [0.2, 0.25) is 0 Å².